The fourth-order valence-electron chi connectivity index (χ4n) is 5.91. The van der Waals surface area contributed by atoms with E-state index in [-0.39, 0.29) is 35.4 Å². The lowest BCUT2D eigenvalue weighted by atomic mass is 9.86. The van der Waals surface area contributed by atoms with Crippen molar-refractivity contribution in [2.24, 2.45) is 4.99 Å². The van der Waals surface area contributed by atoms with Crippen LogP contribution in [0.2, 0.25) is 0 Å². The second kappa shape index (κ2) is 14.7. The maximum absolute atomic E-state index is 14.7. The van der Waals surface area contributed by atoms with Crippen molar-refractivity contribution in [1.82, 2.24) is 14.7 Å². The molecule has 0 aliphatic carbocycles. The molecule has 0 unspecified atom stereocenters. The molecule has 2 heterocycles. The number of halogens is 3. The van der Waals surface area contributed by atoms with Gasteiger partial charge in [-0.2, -0.15) is 0 Å². The number of piperazine rings is 1. The highest BCUT2D eigenvalue weighted by molar-refractivity contribution is 7.90. The number of carbonyl (C=O) groups excluding carboxylic acids is 1. The summed E-state index contributed by atoms with van der Waals surface area (Å²) in [7, 11) is -3.11. The summed E-state index contributed by atoms with van der Waals surface area (Å²) in [6, 6.07) is 16.5. The fourth-order valence-corrected chi connectivity index (χ4v) is 6.50. The lowest BCUT2D eigenvalue weighted by molar-refractivity contribution is 0.122. The molecule has 2 aliphatic heterocycles. The zero-order valence-electron chi connectivity index (χ0n) is 27.4. The zero-order valence-corrected chi connectivity index (χ0v) is 29.1. The molecular formula is C35H43ClF2N4O4S. The number of carbonyl (C=O) groups is 1. The Morgan fingerprint density at radius 2 is 1.49 bits per heavy atom. The molecule has 8 nitrogen and oxygen atoms in total. The second-order valence-corrected chi connectivity index (χ2v) is 15.2. The quantitative estimate of drug-likeness (QED) is 0.273. The number of urea groups is 1. The predicted octanol–water partition coefficient (Wildman–Crippen LogP) is 6.41. The van der Waals surface area contributed by atoms with Crippen LogP contribution < -0.4 is 4.74 Å². The normalized spacial score (nSPS) is 18.9. The molecule has 0 N–H and O–H groups in total. The fraction of sp³-hybridized carbons (Fsp3) is 0.429. The number of ether oxygens (including phenoxy) is 1. The number of hydrogen-bond donors (Lipinski definition) is 0. The van der Waals surface area contributed by atoms with Crippen molar-refractivity contribution in [3.8, 4) is 5.75 Å². The van der Waals surface area contributed by atoms with Gasteiger partial charge in [-0.1, -0.05) is 51.1 Å². The van der Waals surface area contributed by atoms with Gasteiger partial charge in [0.2, 0.25) is 0 Å². The lowest BCUT2D eigenvalue weighted by Crippen LogP contribution is -2.54. The van der Waals surface area contributed by atoms with Gasteiger partial charge in [0, 0.05) is 39.0 Å². The van der Waals surface area contributed by atoms with E-state index in [0.29, 0.717) is 67.6 Å². The molecule has 1 fully saturated rings. The molecule has 12 heteroatoms. The van der Waals surface area contributed by atoms with Gasteiger partial charge in [0.15, 0.2) is 0 Å². The molecule has 3 aromatic rings. The van der Waals surface area contributed by atoms with Crippen molar-refractivity contribution in [1.29, 1.82) is 0 Å². The van der Waals surface area contributed by atoms with Crippen LogP contribution in [0.1, 0.15) is 62.0 Å². The molecule has 0 saturated carbocycles. The van der Waals surface area contributed by atoms with Crippen molar-refractivity contribution in [2.45, 2.75) is 45.2 Å². The summed E-state index contributed by atoms with van der Waals surface area (Å²) in [5.74, 6) is 0.274. The number of benzene rings is 3. The minimum atomic E-state index is -3.11. The molecule has 0 bridgehead atoms. The van der Waals surface area contributed by atoms with Crippen LogP contribution in [-0.2, 0) is 15.3 Å². The molecule has 0 spiro atoms. The number of amides is 2. The van der Waals surface area contributed by atoms with Crippen LogP contribution in [0.25, 0.3) is 0 Å². The number of nitrogens with zero attached hydrogens (tertiary/aromatic N) is 4. The van der Waals surface area contributed by atoms with Gasteiger partial charge in [0.25, 0.3) is 0 Å². The average molecular weight is 689 g/mol. The van der Waals surface area contributed by atoms with Gasteiger partial charge < -0.3 is 9.64 Å². The molecule has 0 aromatic heterocycles. The Morgan fingerprint density at radius 1 is 0.915 bits per heavy atom. The molecule has 254 valence electrons. The lowest BCUT2D eigenvalue weighted by Gasteiger charge is -2.39. The molecule has 5 rings (SSSR count). The number of rotatable bonds is 8. The Hall–Kier alpha value is -3.54. The monoisotopic (exact) mass is 688 g/mol. The Labute approximate surface area is 282 Å². The first-order valence-electron chi connectivity index (χ1n) is 15.6. The highest BCUT2D eigenvalue weighted by Gasteiger charge is 2.45. The first kappa shape index (κ1) is 36.3. The van der Waals surface area contributed by atoms with Gasteiger partial charge >= 0.3 is 6.03 Å². The van der Waals surface area contributed by atoms with Crippen LogP contribution in [0, 0.1) is 11.6 Å². The topological polar surface area (TPSA) is 82.5 Å². The van der Waals surface area contributed by atoms with Gasteiger partial charge in [-0.15, -0.1) is 12.4 Å². The third-order valence-corrected chi connectivity index (χ3v) is 9.43. The number of aliphatic imine (C=N–C) groups is 1. The molecule has 2 atom stereocenters. The molecular weight excluding hydrogens is 646 g/mol. The first-order valence-corrected chi connectivity index (χ1v) is 17.7. The Morgan fingerprint density at radius 3 is 2.02 bits per heavy atom. The van der Waals surface area contributed by atoms with E-state index in [0.717, 1.165) is 5.56 Å². The number of sulfone groups is 1. The van der Waals surface area contributed by atoms with E-state index in [1.165, 1.54) is 30.5 Å². The van der Waals surface area contributed by atoms with Crippen LogP contribution in [0.5, 0.6) is 5.75 Å². The van der Waals surface area contributed by atoms with Crippen molar-refractivity contribution in [3.05, 3.63) is 101 Å². The van der Waals surface area contributed by atoms with Crippen molar-refractivity contribution in [3.63, 3.8) is 0 Å². The average Bonchev–Trinajstić information content (AvgIpc) is 3.40. The van der Waals surface area contributed by atoms with Gasteiger partial charge in [-0.05, 0) is 65.4 Å². The summed E-state index contributed by atoms with van der Waals surface area (Å²) in [6.07, 6.45) is 1.22. The van der Waals surface area contributed by atoms with Gasteiger partial charge in [0.05, 0.1) is 24.0 Å². The van der Waals surface area contributed by atoms with E-state index in [9.17, 15) is 22.0 Å². The smallest absolute Gasteiger partial charge is 0.326 e. The molecule has 1 saturated heterocycles. The molecule has 2 amide bonds. The van der Waals surface area contributed by atoms with E-state index in [1.807, 2.05) is 30.0 Å². The summed E-state index contributed by atoms with van der Waals surface area (Å²) in [6.45, 7) is 10.9. The van der Waals surface area contributed by atoms with Crippen molar-refractivity contribution >= 4 is 34.1 Å². The SMILES string of the molecule is CCOc1cc(C(C)(C)C)ccc1C1=N[C@@H](c2ccc(F)cc2)[C@@H](c2ccc(F)cc2)N1C(=O)N1CCN(CCS(C)(=O)=O)CC1.Cl. The van der Waals surface area contributed by atoms with E-state index < -0.39 is 27.7 Å². The number of amidine groups is 1. The number of hydrogen-bond acceptors (Lipinski definition) is 6. The molecule has 0 radical (unpaired) electrons. The Balaban J connectivity index is 0.00000500. The van der Waals surface area contributed by atoms with Crippen LogP contribution >= 0.6 is 12.4 Å². The summed E-state index contributed by atoms with van der Waals surface area (Å²) in [4.78, 5) is 25.3. The van der Waals surface area contributed by atoms with Crippen LogP contribution in [0.4, 0.5) is 13.6 Å². The van der Waals surface area contributed by atoms with Crippen LogP contribution in [-0.4, -0.2) is 86.3 Å². The molecule has 47 heavy (non-hydrogen) atoms. The third-order valence-electron chi connectivity index (χ3n) is 8.51. The minimum absolute atomic E-state index is 0. The largest absolute Gasteiger partial charge is 0.493 e. The first-order chi connectivity index (χ1) is 21.7. The van der Waals surface area contributed by atoms with E-state index in [4.69, 9.17) is 9.73 Å². The standard InChI is InChI=1S/C35H42F2N4O4S.ClH/c1-6-45-30-23-26(35(2,3)4)11-16-29(30)33-38-31(24-7-12-27(36)13-8-24)32(25-9-14-28(37)15-10-25)41(33)34(42)40-19-17-39(18-20-40)21-22-46(5,43)44;/h7-16,23,31-32H,6,17-22H2,1-5H3;1H/t31-,32+;/m0./s1. The minimum Gasteiger partial charge on any atom is -0.493 e. The highest BCUT2D eigenvalue weighted by atomic mass is 35.5. The Kier molecular flexibility index (Phi) is 11.4. The predicted molar refractivity (Wildman–Crippen MR) is 183 cm³/mol. The van der Waals surface area contributed by atoms with Gasteiger partial charge in [-0.3, -0.25) is 14.8 Å². The summed E-state index contributed by atoms with van der Waals surface area (Å²) < 4.78 is 57.8. The zero-order chi connectivity index (χ0) is 33.2. The molecule has 2 aliphatic rings. The van der Waals surface area contributed by atoms with Crippen molar-refractivity contribution in [2.75, 3.05) is 51.3 Å². The summed E-state index contributed by atoms with van der Waals surface area (Å²) in [5.41, 5.74) is 2.94. The van der Waals surface area contributed by atoms with Crippen LogP contribution in [0.15, 0.2) is 71.7 Å². The molecule has 3 aromatic carbocycles. The Bertz CT molecular complexity index is 1690. The third kappa shape index (κ3) is 8.49. The van der Waals surface area contributed by atoms with Gasteiger partial charge in [0.1, 0.15) is 39.1 Å². The summed E-state index contributed by atoms with van der Waals surface area (Å²) >= 11 is 0. The van der Waals surface area contributed by atoms with Crippen LogP contribution in [0.3, 0.4) is 0 Å². The maximum Gasteiger partial charge on any atom is 0.326 e. The van der Waals surface area contributed by atoms with Gasteiger partial charge in [-0.25, -0.2) is 22.0 Å². The van der Waals surface area contributed by atoms with E-state index in [2.05, 4.69) is 20.8 Å². The van der Waals surface area contributed by atoms with E-state index in [1.54, 1.807) is 34.1 Å². The second-order valence-electron chi connectivity index (χ2n) is 13.0. The van der Waals surface area contributed by atoms with Crippen molar-refractivity contribution < 1.29 is 26.7 Å². The summed E-state index contributed by atoms with van der Waals surface area (Å²) in [5, 5.41) is 0. The highest BCUT2D eigenvalue weighted by Crippen LogP contribution is 2.45. The van der Waals surface area contributed by atoms with E-state index >= 15 is 0 Å². The maximum atomic E-state index is 14.7.